The van der Waals surface area contributed by atoms with Crippen LogP contribution in [0.3, 0.4) is 0 Å². The van der Waals surface area contributed by atoms with E-state index in [2.05, 4.69) is 16.6 Å². The van der Waals surface area contributed by atoms with Gasteiger partial charge in [0.1, 0.15) is 5.01 Å². The van der Waals surface area contributed by atoms with Gasteiger partial charge in [-0.1, -0.05) is 6.42 Å². The summed E-state index contributed by atoms with van der Waals surface area (Å²) in [6.07, 6.45) is 6.89. The highest BCUT2D eigenvalue weighted by molar-refractivity contribution is 7.97. The molecule has 7 heteroatoms. The monoisotopic (exact) mass is 367 g/mol. The first-order valence-corrected chi connectivity index (χ1v) is 10.9. The van der Waals surface area contributed by atoms with E-state index in [1.54, 1.807) is 23.1 Å². The van der Waals surface area contributed by atoms with Crippen LogP contribution in [0.25, 0.3) is 0 Å². The van der Waals surface area contributed by atoms with Crippen LogP contribution in [0.5, 0.6) is 0 Å². The summed E-state index contributed by atoms with van der Waals surface area (Å²) in [5.41, 5.74) is 0.940. The molecule has 0 atom stereocenters. The second kappa shape index (κ2) is 8.34. The number of nitrogens with one attached hydrogen (secondary N) is 1. The van der Waals surface area contributed by atoms with Crippen LogP contribution in [0, 0.1) is 11.8 Å². The molecule has 0 radical (unpaired) electrons. The summed E-state index contributed by atoms with van der Waals surface area (Å²) in [6.45, 7) is 1.95. The van der Waals surface area contributed by atoms with Gasteiger partial charge in [-0.25, -0.2) is 4.98 Å². The summed E-state index contributed by atoms with van der Waals surface area (Å²) in [6, 6.07) is 0. The summed E-state index contributed by atoms with van der Waals surface area (Å²) in [5.74, 6) is 1.62. The van der Waals surface area contributed by atoms with E-state index in [9.17, 15) is 9.59 Å². The number of carbonyl (C=O) groups is 2. The average Bonchev–Trinajstić information content (AvgIpc) is 2.99. The van der Waals surface area contributed by atoms with E-state index >= 15 is 0 Å². The normalized spacial score (nSPS) is 19.1. The summed E-state index contributed by atoms with van der Waals surface area (Å²) in [4.78, 5) is 31.1. The number of likely N-dealkylation sites (tertiary alicyclic amines) is 1. The number of hydrogen-bond donors (Lipinski definition) is 1. The number of nitrogens with zero attached hydrogens (tertiary/aromatic N) is 2. The fourth-order valence-corrected chi connectivity index (χ4v) is 4.73. The van der Waals surface area contributed by atoms with Crippen molar-refractivity contribution in [3.63, 3.8) is 0 Å². The van der Waals surface area contributed by atoms with Crippen LogP contribution in [0.2, 0.25) is 0 Å². The van der Waals surface area contributed by atoms with Crippen LogP contribution in [0.15, 0.2) is 5.38 Å². The molecule has 5 nitrogen and oxygen atoms in total. The number of piperidine rings is 1. The molecule has 1 saturated carbocycles. The Labute approximate surface area is 151 Å². The molecular weight excluding hydrogens is 342 g/mol. The van der Waals surface area contributed by atoms with Crippen LogP contribution in [0.1, 0.15) is 42.8 Å². The third kappa shape index (κ3) is 4.30. The van der Waals surface area contributed by atoms with Gasteiger partial charge in [0.25, 0.3) is 0 Å². The maximum absolute atomic E-state index is 12.3. The molecule has 24 heavy (non-hydrogen) atoms. The molecule has 132 valence electrons. The average molecular weight is 368 g/mol. The van der Waals surface area contributed by atoms with Gasteiger partial charge < -0.3 is 10.2 Å². The van der Waals surface area contributed by atoms with Crippen molar-refractivity contribution in [3.8, 4) is 0 Å². The molecule has 0 unspecified atom stereocenters. The summed E-state index contributed by atoms with van der Waals surface area (Å²) in [7, 11) is 0. The molecule has 1 aliphatic carbocycles. The van der Waals surface area contributed by atoms with E-state index in [0.29, 0.717) is 12.5 Å². The van der Waals surface area contributed by atoms with Gasteiger partial charge in [0.15, 0.2) is 0 Å². The van der Waals surface area contributed by atoms with Gasteiger partial charge in [-0.15, -0.1) is 11.3 Å². The molecule has 2 heterocycles. The third-order valence-electron chi connectivity index (χ3n) is 4.94. The largest absolute Gasteiger partial charge is 0.350 e. The highest BCUT2D eigenvalue weighted by Gasteiger charge is 2.33. The Bertz CT molecular complexity index is 578. The summed E-state index contributed by atoms with van der Waals surface area (Å²) >= 11 is 3.40. The lowest BCUT2D eigenvalue weighted by Gasteiger charge is -2.36. The van der Waals surface area contributed by atoms with E-state index in [1.165, 1.54) is 6.42 Å². The Hall–Kier alpha value is -1.08. The first-order valence-electron chi connectivity index (χ1n) is 8.66. The van der Waals surface area contributed by atoms with Crippen molar-refractivity contribution in [1.82, 2.24) is 15.2 Å². The van der Waals surface area contributed by atoms with Crippen molar-refractivity contribution in [1.29, 1.82) is 0 Å². The number of aromatic nitrogens is 1. The Morgan fingerprint density at radius 2 is 2.04 bits per heavy atom. The zero-order valence-electron chi connectivity index (χ0n) is 14.1. The van der Waals surface area contributed by atoms with Crippen molar-refractivity contribution in [2.45, 2.75) is 44.4 Å². The number of thioether (sulfide) groups is 1. The van der Waals surface area contributed by atoms with Gasteiger partial charge in [-0.2, -0.15) is 11.8 Å². The number of amides is 2. The van der Waals surface area contributed by atoms with Gasteiger partial charge in [0.2, 0.25) is 11.8 Å². The van der Waals surface area contributed by atoms with Gasteiger partial charge in [-0.05, 0) is 31.9 Å². The fraction of sp³-hybridized carbons (Fsp3) is 0.706. The molecule has 1 aromatic heterocycles. The van der Waals surface area contributed by atoms with E-state index in [0.717, 1.165) is 55.2 Å². The van der Waals surface area contributed by atoms with E-state index in [1.807, 2.05) is 10.3 Å². The third-order valence-corrected chi connectivity index (χ3v) is 6.59. The lowest BCUT2D eigenvalue weighted by Crippen LogP contribution is -2.46. The van der Waals surface area contributed by atoms with Gasteiger partial charge >= 0.3 is 0 Å². The Kier molecular flexibility index (Phi) is 6.16. The summed E-state index contributed by atoms with van der Waals surface area (Å²) in [5, 5.41) is 6.13. The number of carbonyl (C=O) groups excluding carboxylic acids is 2. The molecule has 0 spiro atoms. The number of thiazole rings is 1. The molecule has 0 bridgehead atoms. The Balaban J connectivity index is 1.40. The molecule has 1 N–H and O–H groups in total. The predicted octanol–water partition coefficient (Wildman–Crippen LogP) is 2.66. The summed E-state index contributed by atoms with van der Waals surface area (Å²) < 4.78 is 0. The van der Waals surface area contributed by atoms with Crippen LogP contribution in [0.4, 0.5) is 0 Å². The molecule has 1 aliphatic heterocycles. The van der Waals surface area contributed by atoms with E-state index in [4.69, 9.17) is 0 Å². The minimum atomic E-state index is 0.0275. The number of hydrogen-bond acceptors (Lipinski definition) is 5. The molecule has 2 amide bonds. The molecular formula is C17H25N3O2S2. The molecule has 3 rings (SSSR count). The first-order chi connectivity index (χ1) is 11.7. The zero-order valence-corrected chi connectivity index (χ0v) is 15.8. The topological polar surface area (TPSA) is 62.3 Å². The number of rotatable bonds is 6. The Morgan fingerprint density at radius 1 is 1.29 bits per heavy atom. The quantitative estimate of drug-likeness (QED) is 0.840. The van der Waals surface area contributed by atoms with E-state index in [-0.39, 0.29) is 17.7 Å². The van der Waals surface area contributed by atoms with Gasteiger partial charge in [0.05, 0.1) is 12.2 Å². The minimum Gasteiger partial charge on any atom is -0.350 e. The van der Waals surface area contributed by atoms with Crippen LogP contribution >= 0.6 is 23.1 Å². The van der Waals surface area contributed by atoms with Crippen molar-refractivity contribution >= 4 is 34.9 Å². The molecule has 2 aliphatic rings. The molecule has 0 aromatic carbocycles. The standard InChI is InChI=1S/C17H25N3O2S2/c1-23-11-15-19-14(10-24-15)9-18-16(21)12-5-7-20(8-6-12)17(22)13-3-2-4-13/h10,12-13H,2-9,11H2,1H3,(H,18,21). The second-order valence-corrected chi connectivity index (χ2v) is 8.42. The Morgan fingerprint density at radius 3 is 2.67 bits per heavy atom. The maximum Gasteiger partial charge on any atom is 0.225 e. The van der Waals surface area contributed by atoms with Crippen molar-refractivity contribution in [2.75, 3.05) is 19.3 Å². The van der Waals surface area contributed by atoms with Crippen LogP contribution < -0.4 is 5.32 Å². The van der Waals surface area contributed by atoms with Gasteiger partial charge in [0, 0.05) is 36.1 Å². The van der Waals surface area contributed by atoms with Crippen molar-refractivity contribution < 1.29 is 9.59 Å². The molecule has 1 aromatic rings. The minimum absolute atomic E-state index is 0.0275. The lowest BCUT2D eigenvalue weighted by molar-refractivity contribution is -0.141. The predicted molar refractivity (Wildman–Crippen MR) is 97.8 cm³/mol. The smallest absolute Gasteiger partial charge is 0.225 e. The van der Waals surface area contributed by atoms with Gasteiger partial charge in [-0.3, -0.25) is 9.59 Å². The zero-order chi connectivity index (χ0) is 16.9. The SMILES string of the molecule is CSCc1nc(CNC(=O)C2CCN(C(=O)C3CCC3)CC2)cs1. The van der Waals surface area contributed by atoms with Crippen LogP contribution in [-0.4, -0.2) is 41.0 Å². The van der Waals surface area contributed by atoms with Crippen LogP contribution in [-0.2, 0) is 21.9 Å². The maximum atomic E-state index is 12.3. The molecule has 2 fully saturated rings. The fourth-order valence-electron chi connectivity index (χ4n) is 3.22. The highest BCUT2D eigenvalue weighted by Crippen LogP contribution is 2.30. The van der Waals surface area contributed by atoms with Crippen molar-refractivity contribution in [2.24, 2.45) is 11.8 Å². The first kappa shape index (κ1) is 17.7. The van der Waals surface area contributed by atoms with Crippen molar-refractivity contribution in [3.05, 3.63) is 16.1 Å². The highest BCUT2D eigenvalue weighted by atomic mass is 32.2. The molecule has 1 saturated heterocycles. The second-order valence-electron chi connectivity index (χ2n) is 6.61. The van der Waals surface area contributed by atoms with E-state index < -0.39 is 0 Å². The lowest BCUT2D eigenvalue weighted by atomic mass is 9.83.